The summed E-state index contributed by atoms with van der Waals surface area (Å²) in [5.41, 5.74) is 3.96. The standard InChI is InChI=1S/C8H16N2/c1-8-5-3-7(4-6-8)9-10(8)2/h7,9H,3-6H2,1-2H3. The number of nitrogens with zero attached hydrogens (tertiary/aromatic N) is 1. The monoisotopic (exact) mass is 140 g/mol. The molecule has 2 bridgehead atoms. The molecule has 1 saturated carbocycles. The Balaban J connectivity index is 2.17. The smallest absolute Gasteiger partial charge is 0.0324 e. The molecule has 0 spiro atoms. The maximum absolute atomic E-state index is 3.49. The quantitative estimate of drug-likeness (QED) is 0.543. The van der Waals surface area contributed by atoms with Crippen molar-refractivity contribution in [1.82, 2.24) is 10.4 Å². The van der Waals surface area contributed by atoms with Gasteiger partial charge in [0.2, 0.25) is 0 Å². The van der Waals surface area contributed by atoms with Gasteiger partial charge in [-0.25, -0.2) is 5.01 Å². The Morgan fingerprint density at radius 3 is 2.30 bits per heavy atom. The van der Waals surface area contributed by atoms with Gasteiger partial charge in [0.25, 0.3) is 0 Å². The van der Waals surface area contributed by atoms with Gasteiger partial charge in [-0.05, 0) is 32.6 Å². The summed E-state index contributed by atoms with van der Waals surface area (Å²) in [6.07, 6.45) is 5.50. The Kier molecular flexibility index (Phi) is 1.29. The summed E-state index contributed by atoms with van der Waals surface area (Å²) >= 11 is 0. The molecule has 0 amide bonds. The molecule has 2 nitrogen and oxygen atoms in total. The Morgan fingerprint density at radius 2 is 2.00 bits per heavy atom. The number of hydrogen-bond donors (Lipinski definition) is 1. The minimum Gasteiger partial charge on any atom is -0.252 e. The second-order valence-electron chi connectivity index (χ2n) is 3.96. The lowest BCUT2D eigenvalue weighted by atomic mass is 9.78. The average molecular weight is 140 g/mol. The largest absolute Gasteiger partial charge is 0.252 e. The molecule has 3 rings (SSSR count). The second-order valence-corrected chi connectivity index (χ2v) is 3.96. The molecule has 2 heteroatoms. The lowest BCUT2D eigenvalue weighted by Crippen LogP contribution is -2.63. The molecule has 58 valence electrons. The number of rotatable bonds is 0. The van der Waals surface area contributed by atoms with Crippen LogP contribution in [0.5, 0.6) is 0 Å². The fourth-order valence-corrected chi connectivity index (χ4v) is 2.13. The Labute approximate surface area is 62.6 Å². The molecule has 0 aromatic heterocycles. The Morgan fingerprint density at radius 1 is 1.40 bits per heavy atom. The van der Waals surface area contributed by atoms with Gasteiger partial charge in [0.1, 0.15) is 0 Å². The lowest BCUT2D eigenvalue weighted by Gasteiger charge is -2.51. The van der Waals surface area contributed by atoms with Gasteiger partial charge in [0, 0.05) is 18.6 Å². The summed E-state index contributed by atoms with van der Waals surface area (Å²) in [4.78, 5) is 0. The van der Waals surface area contributed by atoms with Crippen LogP contribution in [0.15, 0.2) is 0 Å². The van der Waals surface area contributed by atoms with Crippen LogP contribution in [0.3, 0.4) is 0 Å². The van der Waals surface area contributed by atoms with Crippen molar-refractivity contribution >= 4 is 0 Å². The molecule has 10 heavy (non-hydrogen) atoms. The molecule has 0 aromatic rings. The van der Waals surface area contributed by atoms with Crippen LogP contribution in [0, 0.1) is 0 Å². The first-order chi connectivity index (χ1) is 4.71. The fourth-order valence-electron chi connectivity index (χ4n) is 2.13. The molecule has 1 N–H and O–H groups in total. The third kappa shape index (κ3) is 0.789. The van der Waals surface area contributed by atoms with E-state index in [0.717, 1.165) is 6.04 Å². The van der Waals surface area contributed by atoms with E-state index in [1.807, 2.05) is 0 Å². The first-order valence-corrected chi connectivity index (χ1v) is 4.21. The molecule has 0 aromatic carbocycles. The molecule has 0 unspecified atom stereocenters. The van der Waals surface area contributed by atoms with Crippen LogP contribution in [0.2, 0.25) is 0 Å². The third-order valence-corrected chi connectivity index (χ3v) is 3.25. The van der Waals surface area contributed by atoms with E-state index < -0.39 is 0 Å². The lowest BCUT2D eigenvalue weighted by molar-refractivity contribution is -0.0400. The van der Waals surface area contributed by atoms with Crippen LogP contribution in [-0.2, 0) is 0 Å². The molecule has 0 radical (unpaired) electrons. The van der Waals surface area contributed by atoms with E-state index in [2.05, 4.69) is 24.4 Å². The van der Waals surface area contributed by atoms with Crippen molar-refractivity contribution in [3.8, 4) is 0 Å². The summed E-state index contributed by atoms with van der Waals surface area (Å²) in [7, 11) is 2.17. The molecule has 3 fully saturated rings. The number of fused-ring (bicyclic) bond motifs is 3. The van der Waals surface area contributed by atoms with Gasteiger partial charge in [-0.2, -0.15) is 0 Å². The van der Waals surface area contributed by atoms with Crippen LogP contribution in [0.1, 0.15) is 32.6 Å². The average Bonchev–Trinajstić information content (AvgIpc) is 1.92. The van der Waals surface area contributed by atoms with Gasteiger partial charge in [0.15, 0.2) is 0 Å². The molecule has 3 aliphatic rings. The number of hydrazine groups is 1. The number of hydrogen-bond acceptors (Lipinski definition) is 2. The predicted molar refractivity (Wildman–Crippen MR) is 41.6 cm³/mol. The molecule has 0 atom stereocenters. The van der Waals surface area contributed by atoms with Gasteiger partial charge >= 0.3 is 0 Å². The van der Waals surface area contributed by atoms with E-state index in [1.54, 1.807) is 0 Å². The van der Waals surface area contributed by atoms with Crippen LogP contribution < -0.4 is 5.43 Å². The van der Waals surface area contributed by atoms with Crippen molar-refractivity contribution in [2.75, 3.05) is 7.05 Å². The zero-order chi connectivity index (χ0) is 7.19. The first kappa shape index (κ1) is 6.62. The number of nitrogens with one attached hydrogen (secondary N) is 1. The zero-order valence-electron chi connectivity index (χ0n) is 6.85. The topological polar surface area (TPSA) is 15.3 Å². The van der Waals surface area contributed by atoms with Gasteiger partial charge < -0.3 is 0 Å². The summed E-state index contributed by atoms with van der Waals surface area (Å²) in [5, 5.41) is 2.31. The molecular formula is C8H16N2. The highest BCUT2D eigenvalue weighted by Crippen LogP contribution is 2.36. The molecule has 2 aliphatic heterocycles. The Bertz CT molecular complexity index is 136. The van der Waals surface area contributed by atoms with E-state index in [1.165, 1.54) is 25.7 Å². The summed E-state index contributed by atoms with van der Waals surface area (Å²) in [6.45, 7) is 2.36. The predicted octanol–water partition coefficient (Wildman–Crippen LogP) is 1.14. The van der Waals surface area contributed by atoms with Gasteiger partial charge in [-0.3, -0.25) is 5.43 Å². The van der Waals surface area contributed by atoms with Crippen LogP contribution in [0.4, 0.5) is 0 Å². The van der Waals surface area contributed by atoms with E-state index in [-0.39, 0.29) is 0 Å². The highest BCUT2D eigenvalue weighted by atomic mass is 15.5. The van der Waals surface area contributed by atoms with Crippen LogP contribution >= 0.6 is 0 Å². The van der Waals surface area contributed by atoms with Crippen molar-refractivity contribution in [3.05, 3.63) is 0 Å². The van der Waals surface area contributed by atoms with Gasteiger partial charge in [-0.1, -0.05) is 0 Å². The highest BCUT2D eigenvalue weighted by Gasteiger charge is 2.40. The normalized spacial score (nSPS) is 48.0. The van der Waals surface area contributed by atoms with E-state index in [0.29, 0.717) is 5.54 Å². The molecular weight excluding hydrogens is 124 g/mol. The van der Waals surface area contributed by atoms with Gasteiger partial charge in [0.05, 0.1) is 0 Å². The summed E-state index contributed by atoms with van der Waals surface area (Å²) in [5.74, 6) is 0. The third-order valence-electron chi connectivity index (χ3n) is 3.25. The maximum Gasteiger partial charge on any atom is 0.0324 e. The second kappa shape index (κ2) is 1.95. The zero-order valence-corrected chi connectivity index (χ0v) is 6.85. The van der Waals surface area contributed by atoms with Crippen LogP contribution in [-0.4, -0.2) is 23.6 Å². The molecule has 1 aliphatic carbocycles. The van der Waals surface area contributed by atoms with E-state index in [9.17, 15) is 0 Å². The highest BCUT2D eigenvalue weighted by molar-refractivity contribution is 4.95. The maximum atomic E-state index is 3.49. The molecule has 2 saturated heterocycles. The van der Waals surface area contributed by atoms with Crippen molar-refractivity contribution in [1.29, 1.82) is 0 Å². The minimum absolute atomic E-state index is 0.467. The minimum atomic E-state index is 0.467. The van der Waals surface area contributed by atoms with E-state index in [4.69, 9.17) is 0 Å². The van der Waals surface area contributed by atoms with Gasteiger partial charge in [-0.15, -0.1) is 0 Å². The summed E-state index contributed by atoms with van der Waals surface area (Å²) in [6, 6.07) is 0.784. The van der Waals surface area contributed by atoms with E-state index >= 15 is 0 Å². The fraction of sp³-hybridized carbons (Fsp3) is 1.00. The summed E-state index contributed by atoms with van der Waals surface area (Å²) < 4.78 is 0. The van der Waals surface area contributed by atoms with Crippen molar-refractivity contribution in [2.24, 2.45) is 0 Å². The first-order valence-electron chi connectivity index (χ1n) is 4.21. The van der Waals surface area contributed by atoms with Crippen molar-refractivity contribution < 1.29 is 0 Å². The SMILES string of the molecule is CN1NC2CCC1(C)CC2. The van der Waals surface area contributed by atoms with Crippen molar-refractivity contribution in [2.45, 2.75) is 44.2 Å². The Hall–Kier alpha value is -0.0800. The van der Waals surface area contributed by atoms with Crippen LogP contribution in [0.25, 0.3) is 0 Å². The molecule has 2 heterocycles. The van der Waals surface area contributed by atoms with Crippen molar-refractivity contribution in [3.63, 3.8) is 0 Å².